The van der Waals surface area contributed by atoms with Gasteiger partial charge in [-0.1, -0.05) is 0 Å². The van der Waals surface area contributed by atoms with Crippen LogP contribution in [-0.2, 0) is 13.6 Å². The Hall–Kier alpha value is -1.96. The van der Waals surface area contributed by atoms with Gasteiger partial charge < -0.3 is 5.32 Å². The number of anilines is 1. The van der Waals surface area contributed by atoms with Crippen LogP contribution in [0, 0.1) is 24.0 Å². The Morgan fingerprint density at radius 3 is 2.83 bits per heavy atom. The van der Waals surface area contributed by atoms with Gasteiger partial charge >= 0.3 is 5.69 Å². The summed E-state index contributed by atoms with van der Waals surface area (Å²) in [5.74, 6) is 0.408. The van der Waals surface area contributed by atoms with Crippen molar-refractivity contribution in [2.24, 2.45) is 7.05 Å². The molecule has 2 aromatic heterocycles. The SMILES string of the molecule is Cc1csc(CNc2c([N+](=O)[O-])c(C)nn2C)n1. The minimum atomic E-state index is -0.419. The van der Waals surface area contributed by atoms with E-state index in [1.807, 2.05) is 12.3 Å². The second-order valence-corrected chi connectivity index (χ2v) is 4.84. The Labute approximate surface area is 108 Å². The molecule has 8 heteroatoms. The Bertz CT molecular complexity index is 589. The first-order valence-corrected chi connectivity index (χ1v) is 6.20. The molecule has 2 rings (SSSR count). The lowest BCUT2D eigenvalue weighted by molar-refractivity contribution is -0.384. The second kappa shape index (κ2) is 4.73. The van der Waals surface area contributed by atoms with E-state index < -0.39 is 4.92 Å². The Balaban J connectivity index is 2.21. The van der Waals surface area contributed by atoms with Crippen molar-refractivity contribution >= 4 is 22.8 Å². The second-order valence-electron chi connectivity index (χ2n) is 3.90. The van der Waals surface area contributed by atoms with E-state index in [0.717, 1.165) is 10.7 Å². The van der Waals surface area contributed by atoms with Crippen molar-refractivity contribution in [2.45, 2.75) is 20.4 Å². The number of thiazole rings is 1. The molecule has 2 aromatic rings. The van der Waals surface area contributed by atoms with Crippen LogP contribution in [0.1, 0.15) is 16.4 Å². The van der Waals surface area contributed by atoms with Crippen LogP contribution in [0.25, 0.3) is 0 Å². The molecule has 0 radical (unpaired) electrons. The average Bonchev–Trinajstić information content (AvgIpc) is 2.79. The number of hydrogen-bond acceptors (Lipinski definition) is 6. The molecule has 0 unspecified atom stereocenters. The molecule has 0 fully saturated rings. The van der Waals surface area contributed by atoms with E-state index in [2.05, 4.69) is 15.4 Å². The molecule has 0 aromatic carbocycles. The fraction of sp³-hybridized carbons (Fsp3) is 0.400. The summed E-state index contributed by atoms with van der Waals surface area (Å²) in [4.78, 5) is 14.8. The van der Waals surface area contributed by atoms with Crippen LogP contribution < -0.4 is 5.32 Å². The van der Waals surface area contributed by atoms with Crippen molar-refractivity contribution in [3.63, 3.8) is 0 Å². The zero-order valence-corrected chi connectivity index (χ0v) is 11.1. The van der Waals surface area contributed by atoms with Gasteiger partial charge in [-0.05, 0) is 13.8 Å². The molecule has 2 heterocycles. The predicted octanol–water partition coefficient (Wildman–Crippen LogP) is 2.01. The molecule has 0 aliphatic carbocycles. The van der Waals surface area contributed by atoms with Gasteiger partial charge in [0.15, 0.2) is 0 Å². The van der Waals surface area contributed by atoms with E-state index in [4.69, 9.17) is 0 Å². The topological polar surface area (TPSA) is 85.9 Å². The average molecular weight is 267 g/mol. The molecule has 0 spiro atoms. The largest absolute Gasteiger partial charge is 0.358 e. The van der Waals surface area contributed by atoms with Gasteiger partial charge in [0.25, 0.3) is 0 Å². The first kappa shape index (κ1) is 12.5. The van der Waals surface area contributed by atoms with Crippen molar-refractivity contribution < 1.29 is 4.92 Å². The number of nitrogens with one attached hydrogen (secondary N) is 1. The van der Waals surface area contributed by atoms with Crippen LogP contribution in [0.4, 0.5) is 11.5 Å². The van der Waals surface area contributed by atoms with Gasteiger partial charge in [-0.15, -0.1) is 11.3 Å². The molecule has 0 saturated heterocycles. The molecule has 0 aliphatic rings. The van der Waals surface area contributed by atoms with Gasteiger partial charge in [-0.25, -0.2) is 9.67 Å². The maximum Gasteiger partial charge on any atom is 0.333 e. The fourth-order valence-corrected chi connectivity index (χ4v) is 2.42. The Morgan fingerprint density at radius 1 is 1.56 bits per heavy atom. The van der Waals surface area contributed by atoms with Crippen LogP contribution in [0.5, 0.6) is 0 Å². The lowest BCUT2D eigenvalue weighted by atomic mass is 10.4. The summed E-state index contributed by atoms with van der Waals surface area (Å²) in [6.45, 7) is 3.99. The molecule has 18 heavy (non-hydrogen) atoms. The molecular weight excluding hydrogens is 254 g/mol. The number of hydrogen-bond donors (Lipinski definition) is 1. The summed E-state index contributed by atoms with van der Waals surface area (Å²) in [5.41, 5.74) is 1.37. The van der Waals surface area contributed by atoms with Crippen LogP contribution in [0.15, 0.2) is 5.38 Å². The van der Waals surface area contributed by atoms with E-state index in [9.17, 15) is 10.1 Å². The molecule has 0 atom stereocenters. The van der Waals surface area contributed by atoms with Gasteiger partial charge in [0.2, 0.25) is 5.82 Å². The highest BCUT2D eigenvalue weighted by Crippen LogP contribution is 2.27. The highest BCUT2D eigenvalue weighted by atomic mass is 32.1. The molecule has 96 valence electrons. The minimum Gasteiger partial charge on any atom is -0.358 e. The number of rotatable bonds is 4. The minimum absolute atomic E-state index is 0.0192. The normalized spacial score (nSPS) is 10.6. The van der Waals surface area contributed by atoms with Crippen molar-refractivity contribution in [2.75, 3.05) is 5.32 Å². The van der Waals surface area contributed by atoms with E-state index >= 15 is 0 Å². The van der Waals surface area contributed by atoms with Gasteiger partial charge in [0.05, 0.1) is 11.5 Å². The Kier molecular flexibility index (Phi) is 3.28. The molecule has 0 saturated carbocycles. The van der Waals surface area contributed by atoms with E-state index in [-0.39, 0.29) is 5.69 Å². The monoisotopic (exact) mass is 267 g/mol. The summed E-state index contributed by atoms with van der Waals surface area (Å²) in [6, 6.07) is 0. The number of nitro groups is 1. The van der Waals surface area contributed by atoms with Crippen LogP contribution in [-0.4, -0.2) is 19.7 Å². The number of aromatic nitrogens is 3. The predicted molar refractivity (Wildman–Crippen MR) is 68.8 cm³/mol. The van der Waals surface area contributed by atoms with Crippen molar-refractivity contribution in [1.82, 2.24) is 14.8 Å². The molecule has 7 nitrogen and oxygen atoms in total. The van der Waals surface area contributed by atoms with Crippen LogP contribution in [0.2, 0.25) is 0 Å². The molecular formula is C10H13N5O2S. The van der Waals surface area contributed by atoms with Crippen LogP contribution >= 0.6 is 11.3 Å². The third kappa shape index (κ3) is 2.33. The van der Waals surface area contributed by atoms with Crippen molar-refractivity contribution in [3.05, 3.63) is 31.9 Å². The first-order valence-electron chi connectivity index (χ1n) is 5.32. The lowest BCUT2D eigenvalue weighted by Gasteiger charge is -2.03. The number of aryl methyl sites for hydroxylation is 3. The molecule has 0 aliphatic heterocycles. The maximum absolute atomic E-state index is 11.0. The zero-order valence-electron chi connectivity index (χ0n) is 10.3. The summed E-state index contributed by atoms with van der Waals surface area (Å²) in [7, 11) is 1.68. The van der Waals surface area contributed by atoms with Gasteiger partial charge in [-0.2, -0.15) is 5.10 Å². The van der Waals surface area contributed by atoms with Crippen molar-refractivity contribution in [1.29, 1.82) is 0 Å². The smallest absolute Gasteiger partial charge is 0.333 e. The van der Waals surface area contributed by atoms with Gasteiger partial charge in [0.1, 0.15) is 10.7 Å². The standard InChI is InChI=1S/C10H13N5O2S/c1-6-5-18-8(12-6)4-11-10-9(15(16)17)7(2)13-14(10)3/h5,11H,4H2,1-3H3. The highest BCUT2D eigenvalue weighted by molar-refractivity contribution is 7.09. The summed E-state index contributed by atoms with van der Waals surface area (Å²) in [5, 5.41) is 20.9. The van der Waals surface area contributed by atoms with E-state index in [1.165, 1.54) is 16.0 Å². The lowest BCUT2D eigenvalue weighted by Crippen LogP contribution is -2.06. The van der Waals surface area contributed by atoms with E-state index in [1.54, 1.807) is 14.0 Å². The van der Waals surface area contributed by atoms with Gasteiger partial charge in [0, 0.05) is 18.1 Å². The quantitative estimate of drug-likeness (QED) is 0.676. The summed E-state index contributed by atoms with van der Waals surface area (Å²) < 4.78 is 1.48. The first-order chi connectivity index (χ1) is 8.49. The van der Waals surface area contributed by atoms with Crippen LogP contribution in [0.3, 0.4) is 0 Å². The third-order valence-electron chi connectivity index (χ3n) is 2.45. The van der Waals surface area contributed by atoms with E-state index in [0.29, 0.717) is 18.1 Å². The molecule has 1 N–H and O–H groups in total. The fourth-order valence-electron chi connectivity index (χ4n) is 1.71. The zero-order chi connectivity index (χ0) is 13.3. The summed E-state index contributed by atoms with van der Waals surface area (Å²) in [6.07, 6.45) is 0. The maximum atomic E-state index is 11.0. The molecule has 0 amide bonds. The molecule has 0 bridgehead atoms. The van der Waals surface area contributed by atoms with Gasteiger partial charge in [-0.3, -0.25) is 10.1 Å². The third-order valence-corrected chi connectivity index (χ3v) is 3.41. The summed E-state index contributed by atoms with van der Waals surface area (Å²) >= 11 is 1.52. The highest BCUT2D eigenvalue weighted by Gasteiger charge is 2.23. The van der Waals surface area contributed by atoms with Crippen molar-refractivity contribution in [3.8, 4) is 0 Å². The number of nitrogens with zero attached hydrogens (tertiary/aromatic N) is 4. The Morgan fingerprint density at radius 2 is 2.28 bits per heavy atom.